The third-order valence-corrected chi connectivity index (χ3v) is 3.45. The molecule has 1 heterocycles. The average Bonchev–Trinajstić information content (AvgIpc) is 2.39. The van der Waals surface area contributed by atoms with E-state index in [1.165, 1.54) is 11.1 Å². The Morgan fingerprint density at radius 2 is 2.00 bits per heavy atom. The van der Waals surface area contributed by atoms with Gasteiger partial charge < -0.3 is 10.1 Å². The lowest BCUT2D eigenvalue weighted by molar-refractivity contribution is 0.420. The first-order valence-electron chi connectivity index (χ1n) is 6.28. The predicted molar refractivity (Wildman–Crippen MR) is 76.7 cm³/mol. The molecule has 1 aromatic carbocycles. The number of hydrogen-bond acceptors (Lipinski definition) is 3. The van der Waals surface area contributed by atoms with Gasteiger partial charge in [0.2, 0.25) is 0 Å². The molecule has 0 saturated heterocycles. The molecule has 2 aromatic rings. The van der Waals surface area contributed by atoms with Gasteiger partial charge in [0, 0.05) is 12.7 Å². The van der Waals surface area contributed by atoms with Crippen molar-refractivity contribution in [2.75, 3.05) is 19.5 Å². The first-order chi connectivity index (χ1) is 8.63. The number of ether oxygens (including phenoxy) is 1. The molecule has 0 atom stereocenters. The summed E-state index contributed by atoms with van der Waals surface area (Å²) in [6.45, 7) is 6.33. The van der Waals surface area contributed by atoms with Crippen LogP contribution in [0.5, 0.6) is 5.75 Å². The maximum atomic E-state index is 5.47. The van der Waals surface area contributed by atoms with Gasteiger partial charge in [-0.25, -0.2) is 0 Å². The summed E-state index contributed by atoms with van der Waals surface area (Å²) >= 11 is 0. The van der Waals surface area contributed by atoms with Crippen molar-refractivity contribution in [3.8, 4) is 5.75 Å². The standard InChI is InChI=1S/C15H20N2O/c1-6-11-10(3)15(16-4)13-12(18-5)8-7-9(2)14(13)17-11/h7-8H,6H2,1-5H3,(H,16,17). The van der Waals surface area contributed by atoms with E-state index in [1.807, 2.05) is 13.1 Å². The topological polar surface area (TPSA) is 34.1 Å². The van der Waals surface area contributed by atoms with E-state index in [2.05, 4.69) is 32.2 Å². The maximum Gasteiger partial charge on any atom is 0.130 e. The van der Waals surface area contributed by atoms with E-state index in [9.17, 15) is 0 Å². The van der Waals surface area contributed by atoms with Crippen LogP contribution >= 0.6 is 0 Å². The summed E-state index contributed by atoms with van der Waals surface area (Å²) in [6, 6.07) is 4.06. The summed E-state index contributed by atoms with van der Waals surface area (Å²) in [7, 11) is 3.65. The Hall–Kier alpha value is -1.77. The van der Waals surface area contributed by atoms with Crippen LogP contribution in [0, 0.1) is 13.8 Å². The monoisotopic (exact) mass is 244 g/mol. The Morgan fingerprint density at radius 3 is 2.56 bits per heavy atom. The van der Waals surface area contributed by atoms with E-state index in [4.69, 9.17) is 9.72 Å². The first-order valence-corrected chi connectivity index (χ1v) is 6.28. The van der Waals surface area contributed by atoms with Gasteiger partial charge in [-0.3, -0.25) is 4.98 Å². The lowest BCUT2D eigenvalue weighted by atomic mass is 10.0. The number of fused-ring (bicyclic) bond motifs is 1. The highest BCUT2D eigenvalue weighted by Crippen LogP contribution is 2.36. The number of hydrogen-bond donors (Lipinski definition) is 1. The Balaban J connectivity index is 2.96. The van der Waals surface area contributed by atoms with Crippen molar-refractivity contribution in [1.82, 2.24) is 4.98 Å². The zero-order valence-electron chi connectivity index (χ0n) is 11.7. The van der Waals surface area contributed by atoms with Gasteiger partial charge in [-0.15, -0.1) is 0 Å². The fourth-order valence-electron chi connectivity index (χ4n) is 2.44. The van der Waals surface area contributed by atoms with Crippen molar-refractivity contribution in [3.63, 3.8) is 0 Å². The Morgan fingerprint density at radius 1 is 1.28 bits per heavy atom. The van der Waals surface area contributed by atoms with E-state index >= 15 is 0 Å². The highest BCUT2D eigenvalue weighted by molar-refractivity contribution is 5.99. The number of anilines is 1. The molecule has 0 aliphatic heterocycles. The summed E-state index contributed by atoms with van der Waals surface area (Å²) in [5, 5.41) is 4.37. The van der Waals surface area contributed by atoms with Gasteiger partial charge >= 0.3 is 0 Å². The molecule has 0 radical (unpaired) electrons. The molecule has 3 nitrogen and oxygen atoms in total. The Kier molecular flexibility index (Phi) is 3.41. The number of benzene rings is 1. The molecule has 3 heteroatoms. The van der Waals surface area contributed by atoms with Gasteiger partial charge in [-0.2, -0.15) is 0 Å². The molecular formula is C15H20N2O. The molecule has 0 spiro atoms. The summed E-state index contributed by atoms with van der Waals surface area (Å²) < 4.78 is 5.47. The molecule has 0 bridgehead atoms. The predicted octanol–water partition coefficient (Wildman–Crippen LogP) is 3.46. The van der Waals surface area contributed by atoms with Crippen molar-refractivity contribution < 1.29 is 4.74 Å². The molecule has 0 amide bonds. The van der Waals surface area contributed by atoms with Crippen molar-refractivity contribution in [2.45, 2.75) is 27.2 Å². The SMILES string of the molecule is CCc1nc2c(C)ccc(OC)c2c(NC)c1C. The van der Waals surface area contributed by atoms with Crippen LogP contribution in [0.15, 0.2) is 12.1 Å². The van der Waals surface area contributed by atoms with E-state index in [-0.39, 0.29) is 0 Å². The molecule has 1 aromatic heterocycles. The number of aryl methyl sites for hydroxylation is 2. The molecule has 0 fully saturated rings. The summed E-state index contributed by atoms with van der Waals surface area (Å²) in [5.74, 6) is 0.873. The smallest absolute Gasteiger partial charge is 0.130 e. The molecule has 0 saturated carbocycles. The zero-order chi connectivity index (χ0) is 13.3. The minimum absolute atomic E-state index is 0.873. The molecule has 1 N–H and O–H groups in total. The lowest BCUT2D eigenvalue weighted by Gasteiger charge is -2.16. The first kappa shape index (κ1) is 12.7. The van der Waals surface area contributed by atoms with Crippen LogP contribution in [0.1, 0.15) is 23.7 Å². The van der Waals surface area contributed by atoms with Crippen molar-refractivity contribution in [1.29, 1.82) is 0 Å². The van der Waals surface area contributed by atoms with Gasteiger partial charge in [0.1, 0.15) is 5.75 Å². The van der Waals surface area contributed by atoms with Crippen LogP contribution in [0.2, 0.25) is 0 Å². The third-order valence-electron chi connectivity index (χ3n) is 3.45. The van der Waals surface area contributed by atoms with E-state index in [0.29, 0.717) is 0 Å². The minimum Gasteiger partial charge on any atom is -0.496 e. The normalized spacial score (nSPS) is 10.7. The van der Waals surface area contributed by atoms with Crippen molar-refractivity contribution in [3.05, 3.63) is 29.0 Å². The lowest BCUT2D eigenvalue weighted by Crippen LogP contribution is -2.03. The largest absolute Gasteiger partial charge is 0.496 e. The minimum atomic E-state index is 0.873. The molecular weight excluding hydrogens is 224 g/mol. The van der Waals surface area contributed by atoms with Gasteiger partial charge in [0.25, 0.3) is 0 Å². The molecule has 0 unspecified atom stereocenters. The second-order valence-corrected chi connectivity index (χ2v) is 4.47. The summed E-state index contributed by atoms with van der Waals surface area (Å²) in [5.41, 5.74) is 5.68. The van der Waals surface area contributed by atoms with E-state index in [0.717, 1.165) is 34.5 Å². The van der Waals surface area contributed by atoms with Crippen LogP contribution in [-0.2, 0) is 6.42 Å². The Bertz CT molecular complexity index is 591. The number of nitrogens with zero attached hydrogens (tertiary/aromatic N) is 1. The fourth-order valence-corrected chi connectivity index (χ4v) is 2.44. The van der Waals surface area contributed by atoms with Gasteiger partial charge in [-0.05, 0) is 37.5 Å². The van der Waals surface area contributed by atoms with Crippen LogP contribution in [0.3, 0.4) is 0 Å². The van der Waals surface area contributed by atoms with Crippen LogP contribution < -0.4 is 10.1 Å². The van der Waals surface area contributed by atoms with Gasteiger partial charge in [-0.1, -0.05) is 13.0 Å². The number of methoxy groups -OCH3 is 1. The second-order valence-electron chi connectivity index (χ2n) is 4.47. The number of aromatic nitrogens is 1. The number of pyridine rings is 1. The molecule has 0 aliphatic carbocycles. The quantitative estimate of drug-likeness (QED) is 0.897. The fraction of sp³-hybridized carbons (Fsp3) is 0.400. The van der Waals surface area contributed by atoms with Crippen LogP contribution in [0.25, 0.3) is 10.9 Å². The van der Waals surface area contributed by atoms with Gasteiger partial charge in [0.15, 0.2) is 0 Å². The van der Waals surface area contributed by atoms with Crippen molar-refractivity contribution in [2.24, 2.45) is 0 Å². The number of nitrogens with one attached hydrogen (secondary N) is 1. The molecule has 2 rings (SSSR count). The van der Waals surface area contributed by atoms with Crippen LogP contribution in [0.4, 0.5) is 5.69 Å². The van der Waals surface area contributed by atoms with E-state index < -0.39 is 0 Å². The van der Waals surface area contributed by atoms with E-state index in [1.54, 1.807) is 7.11 Å². The van der Waals surface area contributed by atoms with Crippen molar-refractivity contribution >= 4 is 16.6 Å². The van der Waals surface area contributed by atoms with Gasteiger partial charge in [0.05, 0.1) is 23.7 Å². The highest BCUT2D eigenvalue weighted by Gasteiger charge is 2.15. The number of rotatable bonds is 3. The summed E-state index contributed by atoms with van der Waals surface area (Å²) in [4.78, 5) is 4.79. The summed E-state index contributed by atoms with van der Waals surface area (Å²) in [6.07, 6.45) is 0.938. The molecule has 0 aliphatic rings. The van der Waals surface area contributed by atoms with Crippen LogP contribution in [-0.4, -0.2) is 19.1 Å². The Labute approximate surface area is 108 Å². The average molecular weight is 244 g/mol. The molecule has 96 valence electrons. The third kappa shape index (κ3) is 1.80. The maximum absolute atomic E-state index is 5.47. The zero-order valence-corrected chi connectivity index (χ0v) is 11.7. The highest BCUT2D eigenvalue weighted by atomic mass is 16.5. The second kappa shape index (κ2) is 4.84. The molecule has 18 heavy (non-hydrogen) atoms.